The Morgan fingerprint density at radius 1 is 1.00 bits per heavy atom. The number of rotatable bonds is 13. The lowest BCUT2D eigenvalue weighted by Crippen LogP contribution is -2.39. The Bertz CT molecular complexity index is 203. The van der Waals surface area contributed by atoms with E-state index in [0.29, 0.717) is 12.6 Å². The maximum atomic E-state index is 9.84. The fraction of sp³-hybridized carbons (Fsp3) is 1.00. The first-order chi connectivity index (χ1) is 9.08. The van der Waals surface area contributed by atoms with E-state index in [1.165, 1.54) is 27.1 Å². The van der Waals surface area contributed by atoms with Crippen molar-refractivity contribution in [3.63, 3.8) is 0 Å². The Hall–Kier alpha value is 0.0169. The van der Waals surface area contributed by atoms with Crippen LogP contribution in [-0.2, 0) is 8.85 Å². The minimum Gasteiger partial charge on any atom is -0.392 e. The quantitative estimate of drug-likeness (QED) is 0.355. The van der Waals surface area contributed by atoms with Gasteiger partial charge in [0.1, 0.15) is 0 Å². The fourth-order valence-corrected chi connectivity index (χ4v) is 3.33. The summed E-state index contributed by atoms with van der Waals surface area (Å²) in [6, 6.07) is 0.640. The Morgan fingerprint density at radius 2 is 1.53 bits per heavy atom. The molecule has 0 saturated carbocycles. The summed E-state index contributed by atoms with van der Waals surface area (Å²) in [4.78, 5) is 9.84. The SMILES string of the molecule is CNCC(O)CCCCCCCC[Si](O)(OC)OC. The molecule has 0 spiro atoms. The highest BCUT2D eigenvalue weighted by Gasteiger charge is 2.33. The Kier molecular flexibility index (Phi) is 11.8. The third-order valence-corrected chi connectivity index (χ3v) is 5.62. The van der Waals surface area contributed by atoms with E-state index in [9.17, 15) is 9.90 Å². The van der Waals surface area contributed by atoms with Crippen LogP contribution in [-0.4, -0.2) is 52.6 Å². The van der Waals surface area contributed by atoms with E-state index in [1.54, 1.807) is 0 Å². The van der Waals surface area contributed by atoms with Gasteiger partial charge in [0.25, 0.3) is 0 Å². The van der Waals surface area contributed by atoms with Gasteiger partial charge in [-0.3, -0.25) is 0 Å². The van der Waals surface area contributed by atoms with E-state index >= 15 is 0 Å². The summed E-state index contributed by atoms with van der Waals surface area (Å²) in [6.45, 7) is 0.678. The molecule has 6 heteroatoms. The summed E-state index contributed by atoms with van der Waals surface area (Å²) in [5.74, 6) is 0. The molecule has 0 aliphatic heterocycles. The lowest BCUT2D eigenvalue weighted by atomic mass is 10.1. The average Bonchev–Trinajstić information content (AvgIpc) is 2.41. The van der Waals surface area contributed by atoms with Gasteiger partial charge in [0.15, 0.2) is 0 Å². The Labute approximate surface area is 118 Å². The predicted molar refractivity (Wildman–Crippen MR) is 79.1 cm³/mol. The van der Waals surface area contributed by atoms with Crippen molar-refractivity contribution in [3.8, 4) is 0 Å². The van der Waals surface area contributed by atoms with Crippen LogP contribution >= 0.6 is 0 Å². The first kappa shape index (κ1) is 19.0. The summed E-state index contributed by atoms with van der Waals surface area (Å²) in [6.07, 6.45) is 7.31. The Morgan fingerprint density at radius 3 is 2.05 bits per heavy atom. The molecule has 1 atom stereocenters. The molecular formula is C13H31NO4Si. The molecule has 0 amide bonds. The zero-order valence-corrected chi connectivity index (χ0v) is 13.7. The smallest absolute Gasteiger partial charge is 0.392 e. The molecule has 0 heterocycles. The zero-order valence-electron chi connectivity index (χ0n) is 12.7. The van der Waals surface area contributed by atoms with Gasteiger partial charge in [-0.15, -0.1) is 0 Å². The fourth-order valence-electron chi connectivity index (χ4n) is 2.06. The number of hydrogen-bond donors (Lipinski definition) is 3. The van der Waals surface area contributed by atoms with Crippen molar-refractivity contribution in [3.05, 3.63) is 0 Å². The van der Waals surface area contributed by atoms with Crippen LogP contribution in [0.25, 0.3) is 0 Å². The van der Waals surface area contributed by atoms with Crippen LogP contribution in [0.3, 0.4) is 0 Å². The molecule has 0 fully saturated rings. The van der Waals surface area contributed by atoms with E-state index in [2.05, 4.69) is 5.32 Å². The summed E-state index contributed by atoms with van der Waals surface area (Å²) in [7, 11) is 2.03. The first-order valence-electron chi connectivity index (χ1n) is 7.23. The topological polar surface area (TPSA) is 71.0 Å². The predicted octanol–water partition coefficient (Wildman–Crippen LogP) is 1.52. The van der Waals surface area contributed by atoms with Crippen molar-refractivity contribution in [1.29, 1.82) is 0 Å². The number of aliphatic hydroxyl groups excluding tert-OH is 1. The monoisotopic (exact) mass is 293 g/mol. The van der Waals surface area contributed by atoms with Gasteiger partial charge < -0.3 is 24.1 Å². The molecule has 0 saturated heterocycles. The van der Waals surface area contributed by atoms with Gasteiger partial charge in [-0.05, 0) is 19.9 Å². The van der Waals surface area contributed by atoms with E-state index in [-0.39, 0.29) is 6.10 Å². The first-order valence-corrected chi connectivity index (χ1v) is 9.20. The van der Waals surface area contributed by atoms with Crippen LogP contribution < -0.4 is 5.32 Å². The number of nitrogens with one attached hydrogen (secondary N) is 1. The molecule has 19 heavy (non-hydrogen) atoms. The lowest BCUT2D eigenvalue weighted by molar-refractivity contribution is 0.150. The third-order valence-electron chi connectivity index (χ3n) is 3.36. The molecule has 0 rings (SSSR count). The lowest BCUT2D eigenvalue weighted by Gasteiger charge is -2.19. The summed E-state index contributed by atoms with van der Waals surface area (Å²) in [5.41, 5.74) is 0. The van der Waals surface area contributed by atoms with Crippen LogP contribution in [0.15, 0.2) is 0 Å². The number of likely N-dealkylation sites (N-methyl/N-ethyl adjacent to an activating group) is 1. The molecule has 0 aliphatic carbocycles. The van der Waals surface area contributed by atoms with Crippen molar-refractivity contribution in [2.75, 3.05) is 27.8 Å². The van der Waals surface area contributed by atoms with Crippen molar-refractivity contribution in [2.24, 2.45) is 0 Å². The minimum atomic E-state index is -2.84. The van der Waals surface area contributed by atoms with Gasteiger partial charge in [-0.1, -0.05) is 32.1 Å². The Balaban J connectivity index is 3.32. The second kappa shape index (κ2) is 11.8. The number of aliphatic hydroxyl groups is 1. The molecule has 0 aromatic heterocycles. The van der Waals surface area contributed by atoms with Crippen molar-refractivity contribution in [2.45, 2.75) is 57.1 Å². The van der Waals surface area contributed by atoms with Crippen molar-refractivity contribution in [1.82, 2.24) is 5.32 Å². The van der Waals surface area contributed by atoms with E-state index in [1.807, 2.05) is 7.05 Å². The van der Waals surface area contributed by atoms with Gasteiger partial charge in [0, 0.05) is 26.8 Å². The maximum absolute atomic E-state index is 9.84. The maximum Gasteiger partial charge on any atom is 0.497 e. The summed E-state index contributed by atoms with van der Waals surface area (Å²) < 4.78 is 10.0. The largest absolute Gasteiger partial charge is 0.497 e. The third kappa shape index (κ3) is 10.5. The van der Waals surface area contributed by atoms with E-state index in [0.717, 1.165) is 32.1 Å². The molecule has 1 unspecified atom stereocenters. The second-order valence-corrected chi connectivity index (χ2v) is 7.73. The van der Waals surface area contributed by atoms with E-state index < -0.39 is 8.80 Å². The molecule has 116 valence electrons. The minimum absolute atomic E-state index is 0.214. The van der Waals surface area contributed by atoms with Crippen LogP contribution in [0, 0.1) is 0 Å². The molecule has 5 nitrogen and oxygen atoms in total. The summed E-state index contributed by atoms with van der Waals surface area (Å²) in [5, 5.41) is 12.5. The number of hydrogen-bond acceptors (Lipinski definition) is 5. The molecular weight excluding hydrogens is 262 g/mol. The van der Waals surface area contributed by atoms with Crippen LogP contribution in [0.2, 0.25) is 6.04 Å². The van der Waals surface area contributed by atoms with Gasteiger partial charge >= 0.3 is 8.80 Å². The van der Waals surface area contributed by atoms with Gasteiger partial charge in [-0.2, -0.15) is 0 Å². The molecule has 0 aromatic carbocycles. The van der Waals surface area contributed by atoms with Crippen LogP contribution in [0.1, 0.15) is 44.9 Å². The van der Waals surface area contributed by atoms with Crippen molar-refractivity contribution < 1.29 is 18.8 Å². The molecule has 0 radical (unpaired) electrons. The highest BCUT2D eigenvalue weighted by molar-refractivity contribution is 6.59. The zero-order chi connectivity index (χ0) is 14.6. The van der Waals surface area contributed by atoms with Gasteiger partial charge in [0.2, 0.25) is 0 Å². The normalized spacial score (nSPS) is 13.7. The second-order valence-electron chi connectivity index (χ2n) is 4.99. The van der Waals surface area contributed by atoms with Gasteiger partial charge in [-0.25, -0.2) is 0 Å². The molecule has 0 aliphatic rings. The standard InChI is InChI=1S/C13H31NO4Si/c1-14-12-13(15)10-8-6-4-5-7-9-11-19(16,17-2)18-3/h13-16H,4-12H2,1-3H3. The average molecular weight is 293 g/mol. The van der Waals surface area contributed by atoms with E-state index in [4.69, 9.17) is 8.85 Å². The molecule has 0 aromatic rings. The van der Waals surface area contributed by atoms with Crippen molar-refractivity contribution >= 4 is 8.80 Å². The van der Waals surface area contributed by atoms with Gasteiger partial charge in [0.05, 0.1) is 6.10 Å². The number of unbranched alkanes of at least 4 members (excludes halogenated alkanes) is 5. The van der Waals surface area contributed by atoms with Crippen LogP contribution in [0.4, 0.5) is 0 Å². The highest BCUT2D eigenvalue weighted by atomic mass is 28.4. The summed E-state index contributed by atoms with van der Waals surface area (Å²) >= 11 is 0. The molecule has 0 bridgehead atoms. The molecule has 3 N–H and O–H groups in total. The highest BCUT2D eigenvalue weighted by Crippen LogP contribution is 2.15. The van der Waals surface area contributed by atoms with Crippen LogP contribution in [0.5, 0.6) is 0 Å².